The van der Waals surface area contributed by atoms with Gasteiger partial charge in [0.2, 0.25) is 0 Å². The van der Waals surface area contributed by atoms with Gasteiger partial charge in [-0.2, -0.15) is 11.8 Å². The van der Waals surface area contributed by atoms with Gasteiger partial charge in [-0.3, -0.25) is 0 Å². The van der Waals surface area contributed by atoms with Crippen molar-refractivity contribution in [1.29, 1.82) is 0 Å². The van der Waals surface area contributed by atoms with Crippen molar-refractivity contribution in [3.8, 4) is 0 Å². The van der Waals surface area contributed by atoms with Crippen LogP contribution in [0.5, 0.6) is 0 Å². The molecule has 2 aliphatic rings. The zero-order valence-electron chi connectivity index (χ0n) is 13.4. The average molecular weight is 285 g/mol. The fourth-order valence-corrected chi connectivity index (χ4v) is 5.40. The summed E-state index contributed by atoms with van der Waals surface area (Å²) in [5.74, 6) is 1.45. The van der Waals surface area contributed by atoms with Crippen molar-refractivity contribution in [3.05, 3.63) is 0 Å². The Morgan fingerprint density at radius 2 is 1.68 bits per heavy atom. The molecule has 2 fully saturated rings. The SMILES string of the molecule is CC1CN(CC2CCC(N)C(C)C2(C)C)CC(C)S1. The Labute approximate surface area is 123 Å². The number of hydrogen-bond donors (Lipinski definition) is 1. The van der Waals surface area contributed by atoms with E-state index < -0.39 is 0 Å². The minimum absolute atomic E-state index is 0.384. The van der Waals surface area contributed by atoms with Gasteiger partial charge in [0.05, 0.1) is 0 Å². The molecule has 2 rings (SSSR count). The van der Waals surface area contributed by atoms with E-state index in [1.54, 1.807) is 0 Å². The Kier molecular flexibility index (Phi) is 4.90. The highest BCUT2D eigenvalue weighted by molar-refractivity contribution is 8.00. The number of thioether (sulfide) groups is 1. The molecule has 0 aromatic carbocycles. The molecule has 0 spiro atoms. The number of hydrogen-bond acceptors (Lipinski definition) is 3. The second-order valence-corrected chi connectivity index (χ2v) is 9.41. The van der Waals surface area contributed by atoms with Crippen LogP contribution in [0.3, 0.4) is 0 Å². The lowest BCUT2D eigenvalue weighted by atomic mass is 9.61. The summed E-state index contributed by atoms with van der Waals surface area (Å²) in [6, 6.07) is 0.404. The van der Waals surface area contributed by atoms with Gasteiger partial charge >= 0.3 is 0 Å². The van der Waals surface area contributed by atoms with Crippen LogP contribution >= 0.6 is 11.8 Å². The fourth-order valence-electron chi connectivity index (χ4n) is 4.01. The smallest absolute Gasteiger partial charge is 0.0149 e. The topological polar surface area (TPSA) is 29.3 Å². The minimum Gasteiger partial charge on any atom is -0.327 e. The maximum Gasteiger partial charge on any atom is 0.0149 e. The molecule has 1 heterocycles. The van der Waals surface area contributed by atoms with Gasteiger partial charge in [0.25, 0.3) is 0 Å². The van der Waals surface area contributed by atoms with Crippen molar-refractivity contribution < 1.29 is 0 Å². The van der Waals surface area contributed by atoms with Crippen LogP contribution < -0.4 is 5.73 Å². The molecule has 0 aromatic heterocycles. The van der Waals surface area contributed by atoms with E-state index in [1.807, 2.05) is 0 Å². The highest BCUT2D eigenvalue weighted by Gasteiger charge is 2.42. The molecule has 19 heavy (non-hydrogen) atoms. The van der Waals surface area contributed by atoms with Crippen molar-refractivity contribution in [1.82, 2.24) is 4.90 Å². The number of nitrogens with zero attached hydrogens (tertiary/aromatic N) is 1. The maximum atomic E-state index is 6.28. The standard InChI is InChI=1S/C16H32N2S/c1-11-8-18(9-12(2)19-11)10-14-6-7-15(17)13(3)16(14,4)5/h11-15H,6-10,17H2,1-5H3. The summed E-state index contributed by atoms with van der Waals surface area (Å²) in [5, 5.41) is 1.57. The van der Waals surface area contributed by atoms with E-state index in [0.29, 0.717) is 17.4 Å². The third-order valence-electron chi connectivity index (χ3n) is 5.69. The van der Waals surface area contributed by atoms with Crippen LogP contribution in [-0.2, 0) is 0 Å². The molecule has 1 saturated carbocycles. The summed E-state index contributed by atoms with van der Waals surface area (Å²) in [4.78, 5) is 2.71. The molecule has 1 aliphatic heterocycles. The molecule has 0 radical (unpaired) electrons. The molecule has 1 aliphatic carbocycles. The van der Waals surface area contributed by atoms with Gasteiger partial charge in [-0.25, -0.2) is 0 Å². The van der Waals surface area contributed by atoms with Gasteiger partial charge in [0.1, 0.15) is 0 Å². The third kappa shape index (κ3) is 3.48. The Morgan fingerprint density at radius 1 is 1.11 bits per heavy atom. The lowest BCUT2D eigenvalue weighted by molar-refractivity contribution is 0.0283. The zero-order valence-corrected chi connectivity index (χ0v) is 14.2. The van der Waals surface area contributed by atoms with Gasteiger partial charge in [0.15, 0.2) is 0 Å². The molecule has 5 atom stereocenters. The van der Waals surface area contributed by atoms with Crippen molar-refractivity contribution >= 4 is 11.8 Å². The summed E-state index contributed by atoms with van der Waals surface area (Å²) in [7, 11) is 0. The van der Waals surface area contributed by atoms with Crippen LogP contribution in [0.2, 0.25) is 0 Å². The molecule has 2 N–H and O–H groups in total. The molecule has 0 bridgehead atoms. The Hall–Kier alpha value is 0.270. The Morgan fingerprint density at radius 3 is 2.26 bits per heavy atom. The lowest BCUT2D eigenvalue weighted by Gasteiger charge is -2.49. The van der Waals surface area contributed by atoms with Gasteiger partial charge < -0.3 is 10.6 Å². The second kappa shape index (κ2) is 5.95. The van der Waals surface area contributed by atoms with Crippen molar-refractivity contribution in [3.63, 3.8) is 0 Å². The van der Waals surface area contributed by atoms with E-state index >= 15 is 0 Å². The molecule has 5 unspecified atom stereocenters. The van der Waals surface area contributed by atoms with Crippen molar-refractivity contribution in [2.24, 2.45) is 23.0 Å². The first-order valence-corrected chi connectivity index (χ1v) is 8.88. The van der Waals surface area contributed by atoms with Crippen LogP contribution in [0.1, 0.15) is 47.5 Å². The monoisotopic (exact) mass is 284 g/mol. The Balaban J connectivity index is 1.98. The second-order valence-electron chi connectivity index (χ2n) is 7.52. The fraction of sp³-hybridized carbons (Fsp3) is 1.00. The minimum atomic E-state index is 0.384. The van der Waals surface area contributed by atoms with Gasteiger partial charge in [0, 0.05) is 36.2 Å². The van der Waals surface area contributed by atoms with Crippen LogP contribution in [0, 0.1) is 17.3 Å². The van der Waals surface area contributed by atoms with Crippen LogP contribution in [0.25, 0.3) is 0 Å². The van der Waals surface area contributed by atoms with Crippen LogP contribution in [-0.4, -0.2) is 41.1 Å². The summed E-state index contributed by atoms with van der Waals surface area (Å²) < 4.78 is 0. The summed E-state index contributed by atoms with van der Waals surface area (Å²) in [5.41, 5.74) is 6.66. The molecule has 2 nitrogen and oxygen atoms in total. The van der Waals surface area contributed by atoms with Crippen LogP contribution in [0.4, 0.5) is 0 Å². The largest absolute Gasteiger partial charge is 0.327 e. The van der Waals surface area contributed by atoms with E-state index in [2.05, 4.69) is 51.3 Å². The van der Waals surface area contributed by atoms with Gasteiger partial charge in [-0.1, -0.05) is 34.6 Å². The highest BCUT2D eigenvalue weighted by atomic mass is 32.2. The predicted octanol–water partition coefficient (Wildman–Crippen LogP) is 3.21. The van der Waals surface area contributed by atoms with E-state index in [-0.39, 0.29) is 0 Å². The molecule has 3 heteroatoms. The maximum absolute atomic E-state index is 6.28. The van der Waals surface area contributed by atoms with E-state index in [1.165, 1.54) is 32.5 Å². The molecule has 1 saturated heterocycles. The first-order valence-electron chi connectivity index (χ1n) is 7.94. The quantitative estimate of drug-likeness (QED) is 0.844. The van der Waals surface area contributed by atoms with E-state index in [4.69, 9.17) is 5.73 Å². The molecule has 112 valence electrons. The molecule has 0 amide bonds. The summed E-state index contributed by atoms with van der Waals surface area (Å²) in [6.07, 6.45) is 2.52. The zero-order chi connectivity index (χ0) is 14.2. The first-order chi connectivity index (χ1) is 8.80. The third-order valence-corrected chi connectivity index (χ3v) is 6.92. The predicted molar refractivity (Wildman–Crippen MR) is 86.6 cm³/mol. The summed E-state index contributed by atoms with van der Waals surface area (Å²) >= 11 is 2.15. The normalized spacial score (nSPS) is 44.2. The van der Waals surface area contributed by atoms with Crippen molar-refractivity contribution in [2.45, 2.75) is 64.0 Å². The summed E-state index contributed by atoms with van der Waals surface area (Å²) in [6.45, 7) is 15.8. The van der Waals surface area contributed by atoms with Gasteiger partial charge in [-0.05, 0) is 30.1 Å². The molecular formula is C16H32N2S. The lowest BCUT2D eigenvalue weighted by Crippen LogP contribution is -2.52. The van der Waals surface area contributed by atoms with Crippen LogP contribution in [0.15, 0.2) is 0 Å². The van der Waals surface area contributed by atoms with Gasteiger partial charge in [-0.15, -0.1) is 0 Å². The highest BCUT2D eigenvalue weighted by Crippen LogP contribution is 2.45. The van der Waals surface area contributed by atoms with E-state index in [9.17, 15) is 0 Å². The molecule has 0 aromatic rings. The number of rotatable bonds is 2. The molecular weight excluding hydrogens is 252 g/mol. The Bertz CT molecular complexity index is 295. The van der Waals surface area contributed by atoms with E-state index in [0.717, 1.165) is 16.4 Å². The van der Waals surface area contributed by atoms with Crippen molar-refractivity contribution in [2.75, 3.05) is 19.6 Å². The number of nitrogens with two attached hydrogens (primary N) is 1. The first kappa shape index (κ1) is 15.7. The average Bonchev–Trinajstić information content (AvgIpc) is 2.29.